The second-order valence-corrected chi connectivity index (χ2v) is 11.8. The number of ether oxygens (including phenoxy) is 1. The third-order valence-corrected chi connectivity index (χ3v) is 10.5. The first kappa shape index (κ1) is 20.5. The van der Waals surface area contributed by atoms with Gasteiger partial charge in [-0.2, -0.15) is 0 Å². The average Bonchev–Trinajstić information content (AvgIpc) is 3.06. The van der Waals surface area contributed by atoms with Crippen LogP contribution in [0.3, 0.4) is 0 Å². The number of nitrogens with zero attached hydrogens (tertiary/aromatic N) is 1. The van der Waals surface area contributed by atoms with E-state index in [0.717, 1.165) is 68.7 Å². The van der Waals surface area contributed by atoms with E-state index in [1.54, 1.807) is 5.57 Å². The summed E-state index contributed by atoms with van der Waals surface area (Å²) in [6, 6.07) is 0. The van der Waals surface area contributed by atoms with Crippen LogP contribution in [0.5, 0.6) is 0 Å². The number of fused-ring (bicyclic) bond motifs is 5. The minimum atomic E-state index is -0.0865. The van der Waals surface area contributed by atoms with Crippen molar-refractivity contribution in [3.05, 3.63) is 11.6 Å². The molecule has 1 saturated heterocycles. The van der Waals surface area contributed by atoms with Crippen molar-refractivity contribution >= 4 is 0 Å². The van der Waals surface area contributed by atoms with Crippen LogP contribution in [-0.2, 0) is 4.74 Å². The molecule has 0 aromatic carbocycles. The third kappa shape index (κ3) is 3.34. The average molecular weight is 402 g/mol. The molecule has 1 heterocycles. The third-order valence-electron chi connectivity index (χ3n) is 10.5. The van der Waals surface area contributed by atoms with Crippen molar-refractivity contribution in [2.24, 2.45) is 40.4 Å². The Hall–Kier alpha value is -0.380. The summed E-state index contributed by atoms with van der Waals surface area (Å²) < 4.78 is 5.57. The summed E-state index contributed by atoms with van der Waals surface area (Å²) in [5, 5.41) is 10.2. The Balaban J connectivity index is 1.33. The van der Waals surface area contributed by atoms with Crippen LogP contribution in [0, 0.1) is 40.4 Å². The molecule has 5 aliphatic rings. The highest BCUT2D eigenvalue weighted by molar-refractivity contribution is 5.25. The molecule has 1 N–H and O–H groups in total. The quantitative estimate of drug-likeness (QED) is 0.683. The van der Waals surface area contributed by atoms with E-state index in [1.807, 2.05) is 0 Å². The van der Waals surface area contributed by atoms with E-state index in [-0.39, 0.29) is 6.10 Å². The molecule has 0 radical (unpaired) electrons. The molecule has 3 saturated carbocycles. The van der Waals surface area contributed by atoms with E-state index in [1.165, 1.54) is 45.1 Å². The van der Waals surface area contributed by atoms with Gasteiger partial charge in [-0.3, -0.25) is 4.90 Å². The lowest BCUT2D eigenvalue weighted by Crippen LogP contribution is -2.51. The number of aliphatic hydroxyl groups excluding tert-OH is 1. The molecule has 5 rings (SSSR count). The van der Waals surface area contributed by atoms with Crippen molar-refractivity contribution in [3.63, 3.8) is 0 Å². The number of hydrogen-bond donors (Lipinski definition) is 1. The molecule has 29 heavy (non-hydrogen) atoms. The fourth-order valence-electron chi connectivity index (χ4n) is 8.94. The van der Waals surface area contributed by atoms with Gasteiger partial charge in [-0.05, 0) is 91.8 Å². The highest BCUT2D eigenvalue weighted by Crippen LogP contribution is 2.67. The van der Waals surface area contributed by atoms with Gasteiger partial charge in [0.25, 0.3) is 0 Å². The van der Waals surface area contributed by atoms with Gasteiger partial charge in [0.15, 0.2) is 0 Å². The zero-order valence-electron chi connectivity index (χ0n) is 19.0. The molecular formula is C26H43NO2. The minimum Gasteiger partial charge on any atom is -0.393 e. The fourth-order valence-corrected chi connectivity index (χ4v) is 8.94. The standard InChI is InChI=1S/C26H43NO2/c1-18(17-27-12-14-29-15-13-27)22-6-7-23-21-5-4-19-16-20(28)8-10-25(19,2)24(21)9-11-26(22,23)3/h4,18,20-24,28H,5-17H2,1-3H3/t18-,20+,21?,22-,23?,24?,25+,26-/m1/s1. The first-order valence-corrected chi connectivity index (χ1v) is 12.6. The van der Waals surface area contributed by atoms with Gasteiger partial charge >= 0.3 is 0 Å². The van der Waals surface area contributed by atoms with E-state index >= 15 is 0 Å². The molecular weight excluding hydrogens is 358 g/mol. The van der Waals surface area contributed by atoms with Gasteiger partial charge in [-0.1, -0.05) is 32.4 Å². The van der Waals surface area contributed by atoms with Gasteiger partial charge in [0, 0.05) is 19.6 Å². The summed E-state index contributed by atoms with van der Waals surface area (Å²) in [4.78, 5) is 2.65. The number of rotatable bonds is 3. The zero-order chi connectivity index (χ0) is 20.2. The summed E-state index contributed by atoms with van der Waals surface area (Å²) in [6.45, 7) is 13.1. The number of hydrogen-bond acceptors (Lipinski definition) is 3. The maximum Gasteiger partial charge on any atom is 0.0594 e. The van der Waals surface area contributed by atoms with Crippen LogP contribution in [0.4, 0.5) is 0 Å². The number of allylic oxidation sites excluding steroid dienone is 1. The van der Waals surface area contributed by atoms with Crippen molar-refractivity contribution in [1.82, 2.24) is 4.90 Å². The van der Waals surface area contributed by atoms with E-state index < -0.39 is 0 Å². The predicted molar refractivity (Wildman–Crippen MR) is 118 cm³/mol. The summed E-state index contributed by atoms with van der Waals surface area (Å²) in [5.41, 5.74) is 2.53. The first-order chi connectivity index (χ1) is 13.9. The van der Waals surface area contributed by atoms with Gasteiger partial charge in [0.05, 0.1) is 19.3 Å². The lowest BCUT2D eigenvalue weighted by molar-refractivity contribution is -0.0604. The van der Waals surface area contributed by atoms with Crippen LogP contribution < -0.4 is 0 Å². The minimum absolute atomic E-state index is 0.0865. The second kappa shape index (κ2) is 7.64. The molecule has 1 aliphatic heterocycles. The van der Waals surface area contributed by atoms with E-state index in [0.29, 0.717) is 10.8 Å². The molecule has 0 aromatic rings. The molecule has 0 aromatic heterocycles. The summed E-state index contributed by atoms with van der Waals surface area (Å²) in [5.74, 6) is 4.36. The molecule has 0 spiro atoms. The SMILES string of the molecule is C[C@H](CN1CCOCC1)[C@H]1CCC2C3CC=C4C[C@@H](O)CC[C@]4(C)C3CC[C@@]21C. The van der Waals surface area contributed by atoms with Crippen LogP contribution >= 0.6 is 0 Å². The van der Waals surface area contributed by atoms with Crippen molar-refractivity contribution < 1.29 is 9.84 Å². The van der Waals surface area contributed by atoms with Crippen LogP contribution in [0.2, 0.25) is 0 Å². The van der Waals surface area contributed by atoms with Crippen LogP contribution in [0.1, 0.15) is 72.1 Å². The van der Waals surface area contributed by atoms with Crippen molar-refractivity contribution in [2.75, 3.05) is 32.8 Å². The Morgan fingerprint density at radius 2 is 1.90 bits per heavy atom. The largest absolute Gasteiger partial charge is 0.393 e. The van der Waals surface area contributed by atoms with Crippen molar-refractivity contribution in [1.29, 1.82) is 0 Å². The molecule has 0 amide bonds. The van der Waals surface area contributed by atoms with E-state index in [2.05, 4.69) is 31.7 Å². The Morgan fingerprint density at radius 1 is 1.10 bits per heavy atom. The molecule has 0 bridgehead atoms. The number of aliphatic hydroxyl groups is 1. The van der Waals surface area contributed by atoms with Gasteiger partial charge in [0.2, 0.25) is 0 Å². The van der Waals surface area contributed by atoms with E-state index in [4.69, 9.17) is 4.74 Å². The maximum atomic E-state index is 10.2. The van der Waals surface area contributed by atoms with Crippen LogP contribution in [0.15, 0.2) is 11.6 Å². The van der Waals surface area contributed by atoms with Gasteiger partial charge in [-0.25, -0.2) is 0 Å². The number of morpholine rings is 1. The summed E-state index contributed by atoms with van der Waals surface area (Å²) >= 11 is 0. The van der Waals surface area contributed by atoms with Crippen LogP contribution in [-0.4, -0.2) is 49.0 Å². The maximum absolute atomic E-state index is 10.2. The normalized spacial score (nSPS) is 49.0. The van der Waals surface area contributed by atoms with Crippen molar-refractivity contribution in [2.45, 2.75) is 78.2 Å². The Bertz CT molecular complexity index is 641. The molecule has 3 unspecified atom stereocenters. The van der Waals surface area contributed by atoms with Crippen molar-refractivity contribution in [3.8, 4) is 0 Å². The van der Waals surface area contributed by atoms with E-state index in [9.17, 15) is 5.11 Å². The summed E-state index contributed by atoms with van der Waals surface area (Å²) in [6.07, 6.45) is 12.7. The molecule has 164 valence electrons. The van der Waals surface area contributed by atoms with Gasteiger partial charge in [-0.15, -0.1) is 0 Å². The second-order valence-electron chi connectivity index (χ2n) is 11.8. The Kier molecular flexibility index (Phi) is 5.40. The zero-order valence-corrected chi connectivity index (χ0v) is 19.0. The van der Waals surface area contributed by atoms with Gasteiger partial charge in [0.1, 0.15) is 0 Å². The topological polar surface area (TPSA) is 32.7 Å². The molecule has 8 atom stereocenters. The lowest BCUT2D eigenvalue weighted by Gasteiger charge is -2.58. The molecule has 4 fully saturated rings. The lowest BCUT2D eigenvalue weighted by atomic mass is 9.47. The summed E-state index contributed by atoms with van der Waals surface area (Å²) in [7, 11) is 0. The molecule has 3 heteroatoms. The van der Waals surface area contributed by atoms with Gasteiger partial charge < -0.3 is 9.84 Å². The molecule has 3 nitrogen and oxygen atoms in total. The van der Waals surface area contributed by atoms with Crippen LogP contribution in [0.25, 0.3) is 0 Å². The Labute approximate surface area is 178 Å². The monoisotopic (exact) mass is 401 g/mol. The Morgan fingerprint density at radius 3 is 2.69 bits per heavy atom. The highest BCUT2D eigenvalue weighted by Gasteiger charge is 2.59. The highest BCUT2D eigenvalue weighted by atomic mass is 16.5. The molecule has 4 aliphatic carbocycles. The predicted octanol–water partition coefficient (Wildman–Crippen LogP) is 4.89. The smallest absolute Gasteiger partial charge is 0.0594 e. The fraction of sp³-hybridized carbons (Fsp3) is 0.923. The first-order valence-electron chi connectivity index (χ1n) is 12.6.